The van der Waals surface area contributed by atoms with E-state index < -0.39 is 11.6 Å². The molecule has 1 aromatic heterocycles. The molecular weight excluding hydrogens is 352 g/mol. The number of nitrogens with one attached hydrogen (secondary N) is 1. The lowest BCUT2D eigenvalue weighted by molar-refractivity contribution is -0.118. The molecule has 1 saturated carbocycles. The molecule has 27 heavy (non-hydrogen) atoms. The summed E-state index contributed by atoms with van der Waals surface area (Å²) in [5.74, 6) is -2.35. The minimum absolute atomic E-state index is 0.0890. The quantitative estimate of drug-likeness (QED) is 0.901. The molecule has 1 atom stereocenters. The molecule has 1 spiro atoms. The second kappa shape index (κ2) is 6.72. The van der Waals surface area contributed by atoms with Crippen LogP contribution < -0.4 is 5.32 Å². The molecule has 2 aliphatic rings. The zero-order chi connectivity index (χ0) is 19.0. The summed E-state index contributed by atoms with van der Waals surface area (Å²) >= 11 is 0. The summed E-state index contributed by atoms with van der Waals surface area (Å²) in [6.45, 7) is 1.18. The molecule has 1 aliphatic heterocycles. The van der Waals surface area contributed by atoms with Crippen LogP contribution in [-0.4, -0.2) is 34.8 Å². The van der Waals surface area contributed by atoms with Crippen LogP contribution in [0.25, 0.3) is 0 Å². The molecule has 2 amide bonds. The first-order valence-electron chi connectivity index (χ1n) is 8.95. The lowest BCUT2D eigenvalue weighted by atomic mass is 9.90. The monoisotopic (exact) mass is 371 g/mol. The highest BCUT2D eigenvalue weighted by molar-refractivity contribution is 5.95. The Morgan fingerprint density at radius 2 is 1.89 bits per heavy atom. The first-order chi connectivity index (χ1) is 13.0. The van der Waals surface area contributed by atoms with Gasteiger partial charge in [0, 0.05) is 37.0 Å². The van der Waals surface area contributed by atoms with E-state index in [1.54, 1.807) is 29.3 Å². The molecule has 1 aliphatic carbocycles. The van der Waals surface area contributed by atoms with Crippen molar-refractivity contribution in [2.24, 2.45) is 11.3 Å². The first kappa shape index (κ1) is 17.6. The number of carbonyl (C=O) groups excluding carboxylic acids is 2. The summed E-state index contributed by atoms with van der Waals surface area (Å²) in [5, 5.41) is 2.67. The molecule has 5 nitrogen and oxygen atoms in total. The van der Waals surface area contributed by atoms with E-state index in [1.807, 2.05) is 0 Å². The molecule has 2 aromatic rings. The minimum Gasteiger partial charge on any atom is -0.337 e. The summed E-state index contributed by atoms with van der Waals surface area (Å²) in [5.41, 5.74) is 0.587. The summed E-state index contributed by atoms with van der Waals surface area (Å²) in [4.78, 5) is 30.8. The van der Waals surface area contributed by atoms with Crippen molar-refractivity contribution < 1.29 is 18.4 Å². The average Bonchev–Trinajstić information content (AvgIpc) is 3.39. The van der Waals surface area contributed by atoms with Crippen LogP contribution in [0.5, 0.6) is 0 Å². The van der Waals surface area contributed by atoms with Gasteiger partial charge >= 0.3 is 0 Å². The topological polar surface area (TPSA) is 62.3 Å². The number of aromatic nitrogens is 1. The lowest BCUT2D eigenvalue weighted by Gasteiger charge is -2.32. The fraction of sp³-hybridized carbons (Fsp3) is 0.350. The van der Waals surface area contributed by atoms with Gasteiger partial charge in [0.05, 0.1) is 0 Å². The fourth-order valence-corrected chi connectivity index (χ4v) is 3.88. The summed E-state index contributed by atoms with van der Waals surface area (Å²) in [6, 6.07) is 8.57. The van der Waals surface area contributed by atoms with Crippen LogP contribution in [-0.2, 0) is 4.79 Å². The maximum Gasteiger partial charge on any atom is 0.272 e. The molecule has 1 N–H and O–H groups in total. The van der Waals surface area contributed by atoms with Crippen molar-refractivity contribution in [1.29, 1.82) is 0 Å². The van der Waals surface area contributed by atoms with Crippen molar-refractivity contribution in [2.75, 3.05) is 18.4 Å². The third kappa shape index (κ3) is 3.41. The number of carbonyl (C=O) groups is 2. The van der Waals surface area contributed by atoms with Crippen molar-refractivity contribution in [3.63, 3.8) is 0 Å². The number of hydrogen-bond acceptors (Lipinski definition) is 3. The molecule has 0 unspecified atom stereocenters. The number of halogens is 2. The van der Waals surface area contributed by atoms with E-state index in [0.717, 1.165) is 31.4 Å². The van der Waals surface area contributed by atoms with Crippen LogP contribution in [0, 0.1) is 23.0 Å². The van der Waals surface area contributed by atoms with Crippen LogP contribution in [0.4, 0.5) is 14.5 Å². The van der Waals surface area contributed by atoms with Crippen LogP contribution >= 0.6 is 0 Å². The maximum atomic E-state index is 13.3. The Kier molecular flexibility index (Phi) is 4.37. The molecule has 1 aromatic carbocycles. The van der Waals surface area contributed by atoms with E-state index >= 15 is 0 Å². The van der Waals surface area contributed by atoms with Crippen molar-refractivity contribution in [3.8, 4) is 0 Å². The third-order valence-corrected chi connectivity index (χ3v) is 5.62. The van der Waals surface area contributed by atoms with E-state index in [1.165, 1.54) is 6.07 Å². The van der Waals surface area contributed by atoms with Gasteiger partial charge in [-0.2, -0.15) is 0 Å². The Hall–Kier alpha value is -2.83. The molecule has 2 heterocycles. The Bertz CT molecular complexity index is 880. The molecule has 140 valence electrons. The highest BCUT2D eigenvalue weighted by Gasteiger charge is 2.58. The summed E-state index contributed by atoms with van der Waals surface area (Å²) < 4.78 is 26.3. The van der Waals surface area contributed by atoms with Crippen LogP contribution in [0.15, 0.2) is 42.6 Å². The summed E-state index contributed by atoms with van der Waals surface area (Å²) in [6.07, 6.45) is 3.86. The Labute approximate surface area is 155 Å². The van der Waals surface area contributed by atoms with Gasteiger partial charge in [0.1, 0.15) is 5.69 Å². The zero-order valence-corrected chi connectivity index (χ0v) is 14.6. The second-order valence-electron chi connectivity index (χ2n) is 7.24. The molecule has 4 rings (SSSR count). The highest BCUT2D eigenvalue weighted by atomic mass is 19.2. The van der Waals surface area contributed by atoms with Gasteiger partial charge in [0.15, 0.2) is 11.6 Å². The van der Waals surface area contributed by atoms with Gasteiger partial charge in [0.25, 0.3) is 5.91 Å². The van der Waals surface area contributed by atoms with Crippen molar-refractivity contribution >= 4 is 17.5 Å². The third-order valence-electron chi connectivity index (χ3n) is 5.62. The zero-order valence-electron chi connectivity index (χ0n) is 14.6. The van der Waals surface area contributed by atoms with E-state index in [4.69, 9.17) is 0 Å². The van der Waals surface area contributed by atoms with E-state index in [0.29, 0.717) is 18.8 Å². The largest absolute Gasteiger partial charge is 0.337 e. The molecule has 0 bridgehead atoms. The molecule has 7 heteroatoms. The number of hydrogen-bond donors (Lipinski definition) is 1. The molecule has 2 fully saturated rings. The molecule has 1 saturated heterocycles. The van der Waals surface area contributed by atoms with Crippen molar-refractivity contribution in [3.05, 3.63) is 59.9 Å². The Morgan fingerprint density at radius 3 is 2.56 bits per heavy atom. The van der Waals surface area contributed by atoms with Crippen molar-refractivity contribution in [2.45, 2.75) is 19.3 Å². The van der Waals surface area contributed by atoms with Gasteiger partial charge in [-0.1, -0.05) is 6.07 Å². The number of amides is 2. The maximum absolute atomic E-state index is 13.3. The number of nitrogens with zero attached hydrogens (tertiary/aromatic N) is 2. The number of likely N-dealkylation sites (tertiary alicyclic amines) is 1. The van der Waals surface area contributed by atoms with Crippen LogP contribution in [0.1, 0.15) is 29.8 Å². The number of piperidine rings is 1. The first-order valence-corrected chi connectivity index (χ1v) is 8.95. The number of anilines is 1. The predicted molar refractivity (Wildman–Crippen MR) is 94.9 cm³/mol. The van der Waals surface area contributed by atoms with Crippen LogP contribution in [0.3, 0.4) is 0 Å². The number of rotatable bonds is 3. The van der Waals surface area contributed by atoms with E-state index in [2.05, 4.69) is 10.3 Å². The lowest BCUT2D eigenvalue weighted by Crippen LogP contribution is -2.40. The van der Waals surface area contributed by atoms with E-state index in [-0.39, 0.29) is 28.8 Å². The van der Waals surface area contributed by atoms with Crippen LogP contribution in [0.2, 0.25) is 0 Å². The highest BCUT2D eigenvalue weighted by Crippen LogP contribution is 2.59. The number of pyridine rings is 1. The Morgan fingerprint density at radius 1 is 1.11 bits per heavy atom. The smallest absolute Gasteiger partial charge is 0.272 e. The summed E-state index contributed by atoms with van der Waals surface area (Å²) in [7, 11) is 0. The van der Waals surface area contributed by atoms with Crippen molar-refractivity contribution in [1.82, 2.24) is 9.88 Å². The number of benzene rings is 1. The van der Waals surface area contributed by atoms with Gasteiger partial charge < -0.3 is 10.2 Å². The van der Waals surface area contributed by atoms with Gasteiger partial charge in [-0.3, -0.25) is 14.6 Å². The predicted octanol–water partition coefficient (Wildman–Crippen LogP) is 3.24. The van der Waals surface area contributed by atoms with Gasteiger partial charge in [-0.15, -0.1) is 0 Å². The second-order valence-corrected chi connectivity index (χ2v) is 7.24. The van der Waals surface area contributed by atoms with E-state index in [9.17, 15) is 18.4 Å². The standard InChI is InChI=1S/C20H19F2N3O2/c21-15-5-4-13(11-16(15)22)24-18(26)14-12-20(14)6-9-25(10-7-20)19(27)17-3-1-2-8-23-17/h1-5,8,11,14H,6-7,9-10,12H2,(H,24,26)/t14-/m0/s1. The van der Waals surface area contributed by atoms with Gasteiger partial charge in [-0.25, -0.2) is 8.78 Å². The Balaban J connectivity index is 1.34. The normalized spacial score (nSPS) is 20.4. The minimum atomic E-state index is -0.986. The average molecular weight is 371 g/mol. The molecular formula is C20H19F2N3O2. The van der Waals surface area contributed by atoms with Gasteiger partial charge in [0.2, 0.25) is 5.91 Å². The SMILES string of the molecule is O=C(Nc1ccc(F)c(F)c1)[C@@H]1CC12CCN(C(=O)c1ccccn1)CC2. The fourth-order valence-electron chi connectivity index (χ4n) is 3.88. The van der Waals surface area contributed by atoms with Gasteiger partial charge in [-0.05, 0) is 48.9 Å². The molecule has 0 radical (unpaired) electrons.